The van der Waals surface area contributed by atoms with Gasteiger partial charge >= 0.3 is 0 Å². The van der Waals surface area contributed by atoms with Gasteiger partial charge in [-0.15, -0.1) is 0 Å². The first kappa shape index (κ1) is 17.2. The minimum Gasteiger partial charge on any atom is -0.314 e. The summed E-state index contributed by atoms with van der Waals surface area (Å²) in [6.07, 6.45) is 0. The van der Waals surface area contributed by atoms with Gasteiger partial charge in [-0.1, -0.05) is 42.5 Å². The number of carbonyl (C=O) groups is 1. The summed E-state index contributed by atoms with van der Waals surface area (Å²) >= 11 is 0. The third kappa shape index (κ3) is 3.99. The number of hydrogen-bond donors (Lipinski definition) is 0. The highest BCUT2D eigenvalue weighted by Gasteiger charge is 2.31. The van der Waals surface area contributed by atoms with E-state index < -0.39 is 21.0 Å². The molecule has 0 spiro atoms. The molecule has 4 nitrogen and oxygen atoms in total. The molecule has 0 bridgehead atoms. The van der Waals surface area contributed by atoms with Gasteiger partial charge in [0.05, 0.1) is 5.75 Å². The van der Waals surface area contributed by atoms with Crippen molar-refractivity contribution in [2.45, 2.75) is 24.9 Å². The second kappa shape index (κ2) is 6.96. The first-order valence-electron chi connectivity index (χ1n) is 7.41. The Morgan fingerprint density at radius 2 is 1.61 bits per heavy atom. The van der Waals surface area contributed by atoms with Crippen molar-refractivity contribution >= 4 is 21.4 Å². The number of sulfone groups is 1. The van der Waals surface area contributed by atoms with Crippen LogP contribution in [0.1, 0.15) is 18.1 Å². The predicted molar refractivity (Wildman–Crippen MR) is 93.1 cm³/mol. The van der Waals surface area contributed by atoms with Crippen LogP contribution in [-0.2, 0) is 20.4 Å². The van der Waals surface area contributed by atoms with Crippen LogP contribution in [0.4, 0.5) is 5.69 Å². The highest BCUT2D eigenvalue weighted by Crippen LogP contribution is 2.19. The molecule has 1 amide bonds. The highest BCUT2D eigenvalue weighted by molar-refractivity contribution is 7.92. The van der Waals surface area contributed by atoms with Gasteiger partial charge in [-0.25, -0.2) is 8.42 Å². The van der Waals surface area contributed by atoms with Gasteiger partial charge in [0, 0.05) is 12.7 Å². The van der Waals surface area contributed by atoms with E-state index in [-0.39, 0.29) is 5.75 Å². The molecule has 23 heavy (non-hydrogen) atoms. The van der Waals surface area contributed by atoms with Crippen LogP contribution in [-0.4, -0.2) is 26.6 Å². The second-order valence-electron chi connectivity index (χ2n) is 5.61. The second-order valence-corrected chi connectivity index (χ2v) is 7.93. The maximum absolute atomic E-state index is 12.6. The fraction of sp³-hybridized carbons (Fsp3) is 0.278. The molecule has 0 fully saturated rings. The van der Waals surface area contributed by atoms with E-state index in [1.165, 1.54) is 11.8 Å². The Hall–Kier alpha value is -2.14. The van der Waals surface area contributed by atoms with E-state index in [2.05, 4.69) is 0 Å². The summed E-state index contributed by atoms with van der Waals surface area (Å²) in [6.45, 7) is 3.32. The SMILES string of the molecule is Cc1ccccc1CS(=O)(=O)[C@H](C)C(=O)N(C)c1ccccc1. The Balaban J connectivity index is 2.19. The third-order valence-corrected chi connectivity index (χ3v) is 5.97. The van der Waals surface area contributed by atoms with Gasteiger partial charge in [0.1, 0.15) is 5.25 Å². The quantitative estimate of drug-likeness (QED) is 0.846. The maximum atomic E-state index is 12.6. The number of rotatable bonds is 5. The number of para-hydroxylation sites is 1. The molecule has 2 aromatic rings. The summed E-state index contributed by atoms with van der Waals surface area (Å²) in [5.41, 5.74) is 2.32. The monoisotopic (exact) mass is 331 g/mol. The molecule has 0 aromatic heterocycles. The minimum atomic E-state index is -3.58. The first-order chi connectivity index (χ1) is 10.8. The van der Waals surface area contributed by atoms with Crippen molar-refractivity contribution in [1.29, 1.82) is 0 Å². The van der Waals surface area contributed by atoms with Crippen LogP contribution >= 0.6 is 0 Å². The van der Waals surface area contributed by atoms with Crippen molar-refractivity contribution in [3.63, 3.8) is 0 Å². The number of hydrogen-bond acceptors (Lipinski definition) is 3. The Kier molecular flexibility index (Phi) is 5.21. The van der Waals surface area contributed by atoms with Crippen LogP contribution in [0.2, 0.25) is 0 Å². The maximum Gasteiger partial charge on any atom is 0.244 e. The fourth-order valence-corrected chi connectivity index (χ4v) is 3.79. The molecule has 2 aromatic carbocycles. The van der Waals surface area contributed by atoms with E-state index >= 15 is 0 Å². The molecule has 2 rings (SSSR count). The number of aryl methyl sites for hydroxylation is 1. The van der Waals surface area contributed by atoms with Crippen molar-refractivity contribution < 1.29 is 13.2 Å². The van der Waals surface area contributed by atoms with Crippen LogP contribution < -0.4 is 4.90 Å². The van der Waals surface area contributed by atoms with Gasteiger partial charge in [-0.3, -0.25) is 4.79 Å². The van der Waals surface area contributed by atoms with Crippen LogP contribution in [0.25, 0.3) is 0 Å². The zero-order chi connectivity index (χ0) is 17.0. The van der Waals surface area contributed by atoms with Gasteiger partial charge in [0.2, 0.25) is 5.91 Å². The van der Waals surface area contributed by atoms with Crippen molar-refractivity contribution in [2.75, 3.05) is 11.9 Å². The minimum absolute atomic E-state index is 0.130. The summed E-state index contributed by atoms with van der Waals surface area (Å²) in [5, 5.41) is -1.09. The summed E-state index contributed by atoms with van der Waals surface area (Å²) in [6, 6.07) is 16.3. The van der Waals surface area contributed by atoms with E-state index in [1.807, 2.05) is 37.3 Å². The lowest BCUT2D eigenvalue weighted by atomic mass is 10.1. The molecule has 1 atom stereocenters. The first-order valence-corrected chi connectivity index (χ1v) is 9.13. The van der Waals surface area contributed by atoms with Gasteiger partial charge < -0.3 is 4.90 Å². The average Bonchev–Trinajstić information content (AvgIpc) is 2.55. The summed E-state index contributed by atoms with van der Waals surface area (Å²) in [7, 11) is -1.98. The van der Waals surface area contributed by atoms with Crippen molar-refractivity contribution in [1.82, 2.24) is 0 Å². The molecular formula is C18H21NO3S. The zero-order valence-electron chi connectivity index (χ0n) is 13.6. The largest absolute Gasteiger partial charge is 0.314 e. The van der Waals surface area contributed by atoms with Crippen LogP contribution in [0.3, 0.4) is 0 Å². The third-order valence-electron chi connectivity index (χ3n) is 3.98. The van der Waals surface area contributed by atoms with Crippen molar-refractivity contribution in [3.8, 4) is 0 Å². The lowest BCUT2D eigenvalue weighted by Crippen LogP contribution is -2.39. The Morgan fingerprint density at radius 1 is 1.04 bits per heavy atom. The zero-order valence-corrected chi connectivity index (χ0v) is 14.4. The Bertz CT molecular complexity index is 785. The van der Waals surface area contributed by atoms with Crippen LogP contribution in [0.5, 0.6) is 0 Å². The molecule has 5 heteroatoms. The summed E-state index contributed by atoms with van der Waals surface area (Å²) < 4.78 is 25.2. The van der Waals surface area contributed by atoms with E-state index in [4.69, 9.17) is 0 Å². The Labute approximate surface area is 137 Å². The van der Waals surface area contributed by atoms with Crippen molar-refractivity contribution in [2.24, 2.45) is 0 Å². The molecule has 0 unspecified atom stereocenters. The molecular weight excluding hydrogens is 310 g/mol. The molecule has 0 aliphatic carbocycles. The number of anilines is 1. The molecule has 0 aliphatic rings. The molecule has 0 radical (unpaired) electrons. The number of benzene rings is 2. The van der Waals surface area contributed by atoms with E-state index in [1.54, 1.807) is 31.3 Å². The van der Waals surface area contributed by atoms with Crippen LogP contribution in [0, 0.1) is 6.92 Å². The smallest absolute Gasteiger partial charge is 0.244 e. The predicted octanol–water partition coefficient (Wildman–Crippen LogP) is 2.96. The number of carbonyl (C=O) groups excluding carboxylic acids is 1. The van der Waals surface area contributed by atoms with Crippen molar-refractivity contribution in [3.05, 3.63) is 65.7 Å². The molecule has 0 aliphatic heterocycles. The van der Waals surface area contributed by atoms with Crippen LogP contribution in [0.15, 0.2) is 54.6 Å². The fourth-order valence-electron chi connectivity index (χ4n) is 2.32. The van der Waals surface area contributed by atoms with Gasteiger partial charge in [-0.2, -0.15) is 0 Å². The van der Waals surface area contributed by atoms with E-state index in [0.717, 1.165) is 11.1 Å². The van der Waals surface area contributed by atoms with Gasteiger partial charge in [0.25, 0.3) is 0 Å². The topological polar surface area (TPSA) is 54.5 Å². The highest BCUT2D eigenvalue weighted by atomic mass is 32.2. The molecule has 0 saturated heterocycles. The Morgan fingerprint density at radius 3 is 2.22 bits per heavy atom. The molecule has 0 heterocycles. The summed E-state index contributed by atoms with van der Waals surface area (Å²) in [4.78, 5) is 13.9. The summed E-state index contributed by atoms with van der Waals surface area (Å²) in [5.74, 6) is -0.556. The normalized spacial score (nSPS) is 12.7. The number of amides is 1. The molecule has 0 saturated carbocycles. The van der Waals surface area contributed by atoms with E-state index in [9.17, 15) is 13.2 Å². The number of nitrogens with zero attached hydrogens (tertiary/aromatic N) is 1. The molecule has 0 N–H and O–H groups in total. The lowest BCUT2D eigenvalue weighted by Gasteiger charge is -2.22. The van der Waals surface area contributed by atoms with Gasteiger partial charge in [0.15, 0.2) is 9.84 Å². The molecule has 122 valence electrons. The van der Waals surface area contributed by atoms with Gasteiger partial charge in [-0.05, 0) is 37.1 Å². The average molecular weight is 331 g/mol. The lowest BCUT2D eigenvalue weighted by molar-refractivity contribution is -0.117. The standard InChI is InChI=1S/C18H21NO3S/c1-14-9-7-8-10-16(14)13-23(21,22)15(2)18(20)19(3)17-11-5-4-6-12-17/h4-12,15H,13H2,1-3H3/t15-/m1/s1. The van der Waals surface area contributed by atoms with E-state index in [0.29, 0.717) is 5.69 Å².